The second kappa shape index (κ2) is 5.44. The molecule has 0 saturated heterocycles. The molecule has 2 unspecified atom stereocenters. The smallest absolute Gasteiger partial charge is 0.242 e. The van der Waals surface area contributed by atoms with Crippen LogP contribution in [0.1, 0.15) is 19.3 Å². The summed E-state index contributed by atoms with van der Waals surface area (Å²) >= 11 is 0. The first-order valence-electron chi connectivity index (χ1n) is 6.11. The maximum atomic E-state index is 13.1. The first-order valence-corrected chi connectivity index (χ1v) is 7.59. The maximum Gasteiger partial charge on any atom is 0.242 e. The molecule has 1 aromatic rings. The van der Waals surface area contributed by atoms with Crippen LogP contribution < -0.4 is 10.5 Å². The molecular weight excluding hydrogens is 271 g/mol. The second-order valence-corrected chi connectivity index (χ2v) is 6.60. The highest BCUT2D eigenvalue weighted by molar-refractivity contribution is 7.89. The molecule has 5 nitrogen and oxygen atoms in total. The van der Waals surface area contributed by atoms with Gasteiger partial charge in [-0.1, -0.05) is 0 Å². The van der Waals surface area contributed by atoms with Crippen LogP contribution in [0.2, 0.25) is 0 Å². The SMILES string of the molecule is Nc1ccc(F)cc1S(=O)(=O)NCC1CCC(O)C1. The normalized spacial score (nSPS) is 23.7. The molecule has 0 bridgehead atoms. The van der Waals surface area contributed by atoms with Crippen molar-refractivity contribution in [2.75, 3.05) is 12.3 Å². The highest BCUT2D eigenvalue weighted by Crippen LogP contribution is 2.25. The van der Waals surface area contributed by atoms with Crippen molar-refractivity contribution < 1.29 is 17.9 Å². The number of rotatable bonds is 4. The Morgan fingerprint density at radius 1 is 1.42 bits per heavy atom. The molecule has 4 N–H and O–H groups in total. The summed E-state index contributed by atoms with van der Waals surface area (Å²) in [5.41, 5.74) is 5.57. The summed E-state index contributed by atoms with van der Waals surface area (Å²) in [5.74, 6) is -0.537. The van der Waals surface area contributed by atoms with Crippen molar-refractivity contribution >= 4 is 15.7 Å². The van der Waals surface area contributed by atoms with E-state index in [1.165, 1.54) is 6.07 Å². The van der Waals surface area contributed by atoms with Crippen molar-refractivity contribution in [1.29, 1.82) is 0 Å². The van der Waals surface area contributed by atoms with Gasteiger partial charge in [0, 0.05) is 6.54 Å². The van der Waals surface area contributed by atoms with Crippen LogP contribution >= 0.6 is 0 Å². The lowest BCUT2D eigenvalue weighted by atomic mass is 10.1. The van der Waals surface area contributed by atoms with Gasteiger partial charge < -0.3 is 10.8 Å². The van der Waals surface area contributed by atoms with Gasteiger partial charge in [-0.3, -0.25) is 0 Å². The molecule has 1 aromatic carbocycles. The van der Waals surface area contributed by atoms with Crippen LogP contribution in [0, 0.1) is 11.7 Å². The number of hydrogen-bond acceptors (Lipinski definition) is 4. The molecule has 0 heterocycles. The Bertz CT molecular complexity index is 562. The molecule has 0 aliphatic heterocycles. The monoisotopic (exact) mass is 288 g/mol. The van der Waals surface area contributed by atoms with Crippen LogP contribution in [-0.2, 0) is 10.0 Å². The van der Waals surface area contributed by atoms with E-state index in [1.54, 1.807) is 0 Å². The molecule has 2 atom stereocenters. The van der Waals surface area contributed by atoms with Crippen molar-refractivity contribution in [1.82, 2.24) is 4.72 Å². The predicted octanol–water partition coefficient (Wildman–Crippen LogP) is 0.847. The first-order chi connectivity index (χ1) is 8.88. The Balaban J connectivity index is 2.08. The topological polar surface area (TPSA) is 92.4 Å². The molecule has 1 aliphatic rings. The zero-order valence-corrected chi connectivity index (χ0v) is 11.2. The number of halogens is 1. The van der Waals surface area contributed by atoms with Gasteiger partial charge in [-0.2, -0.15) is 0 Å². The van der Waals surface area contributed by atoms with E-state index in [2.05, 4.69) is 4.72 Å². The van der Waals surface area contributed by atoms with E-state index in [9.17, 15) is 17.9 Å². The fourth-order valence-electron chi connectivity index (χ4n) is 2.28. The van der Waals surface area contributed by atoms with E-state index in [-0.39, 0.29) is 29.1 Å². The Morgan fingerprint density at radius 3 is 2.79 bits per heavy atom. The number of sulfonamides is 1. The molecule has 19 heavy (non-hydrogen) atoms. The van der Waals surface area contributed by atoms with Crippen molar-refractivity contribution in [2.45, 2.75) is 30.3 Å². The number of aliphatic hydroxyl groups is 1. The molecule has 0 aromatic heterocycles. The zero-order valence-electron chi connectivity index (χ0n) is 10.3. The number of aliphatic hydroxyl groups excluding tert-OH is 1. The van der Waals surface area contributed by atoms with Crippen LogP contribution in [0.5, 0.6) is 0 Å². The molecular formula is C12H17FN2O3S. The van der Waals surface area contributed by atoms with Crippen molar-refractivity contribution in [3.63, 3.8) is 0 Å². The van der Waals surface area contributed by atoms with Crippen LogP contribution in [0.4, 0.5) is 10.1 Å². The standard InChI is InChI=1S/C12H17FN2O3S/c13-9-2-4-11(14)12(6-9)19(17,18)15-7-8-1-3-10(16)5-8/h2,4,6,8,10,15-16H,1,3,5,7,14H2. The van der Waals surface area contributed by atoms with E-state index in [4.69, 9.17) is 5.73 Å². The van der Waals surface area contributed by atoms with Crippen LogP contribution in [0.25, 0.3) is 0 Å². The van der Waals surface area contributed by atoms with Gasteiger partial charge in [-0.05, 0) is 43.4 Å². The largest absolute Gasteiger partial charge is 0.398 e. The summed E-state index contributed by atoms with van der Waals surface area (Å²) in [4.78, 5) is -0.244. The Kier molecular flexibility index (Phi) is 4.07. The van der Waals surface area contributed by atoms with Gasteiger partial charge in [0.1, 0.15) is 10.7 Å². The summed E-state index contributed by atoms with van der Waals surface area (Å²) in [6.07, 6.45) is 1.70. The van der Waals surface area contributed by atoms with E-state index >= 15 is 0 Å². The van der Waals surface area contributed by atoms with Gasteiger partial charge in [0.2, 0.25) is 10.0 Å². The fraction of sp³-hybridized carbons (Fsp3) is 0.500. The third kappa shape index (κ3) is 3.43. The summed E-state index contributed by atoms with van der Waals surface area (Å²) < 4.78 is 39.6. The third-order valence-corrected chi connectivity index (χ3v) is 4.82. The van der Waals surface area contributed by atoms with Gasteiger partial charge in [0.05, 0.1) is 11.8 Å². The Hall–Kier alpha value is -1.18. The molecule has 7 heteroatoms. The highest BCUT2D eigenvalue weighted by atomic mass is 32.2. The molecule has 1 saturated carbocycles. The van der Waals surface area contributed by atoms with Crippen molar-refractivity contribution in [3.8, 4) is 0 Å². The molecule has 0 spiro atoms. The second-order valence-electron chi connectivity index (χ2n) is 4.87. The molecule has 1 aliphatic carbocycles. The number of nitrogens with one attached hydrogen (secondary N) is 1. The number of benzene rings is 1. The van der Waals surface area contributed by atoms with Crippen molar-refractivity contribution in [2.24, 2.45) is 5.92 Å². The summed E-state index contributed by atoms with van der Waals surface area (Å²) in [7, 11) is -3.82. The molecule has 2 rings (SSSR count). The van der Waals surface area contributed by atoms with Crippen LogP contribution in [0.3, 0.4) is 0 Å². The summed E-state index contributed by atoms with van der Waals surface area (Å²) in [6, 6.07) is 3.24. The van der Waals surface area contributed by atoms with Gasteiger partial charge in [-0.15, -0.1) is 0 Å². The summed E-state index contributed by atoms with van der Waals surface area (Å²) in [6.45, 7) is 0.231. The molecule has 1 fully saturated rings. The number of nitrogen functional groups attached to an aromatic ring is 1. The van der Waals surface area contributed by atoms with Gasteiger partial charge in [0.15, 0.2) is 0 Å². The number of nitrogens with two attached hydrogens (primary N) is 1. The number of hydrogen-bond donors (Lipinski definition) is 3. The average Bonchev–Trinajstić information content (AvgIpc) is 2.76. The van der Waals surface area contributed by atoms with Gasteiger partial charge in [-0.25, -0.2) is 17.5 Å². The first kappa shape index (κ1) is 14.2. The van der Waals surface area contributed by atoms with Crippen molar-refractivity contribution in [3.05, 3.63) is 24.0 Å². The lowest BCUT2D eigenvalue weighted by Crippen LogP contribution is -2.29. The minimum absolute atomic E-state index is 0.0142. The quantitative estimate of drug-likeness (QED) is 0.716. The number of anilines is 1. The molecule has 0 radical (unpaired) electrons. The van der Waals surface area contributed by atoms with E-state index in [0.29, 0.717) is 12.8 Å². The Labute approximate surface area is 111 Å². The Morgan fingerprint density at radius 2 is 2.16 bits per heavy atom. The highest BCUT2D eigenvalue weighted by Gasteiger charge is 2.25. The van der Waals surface area contributed by atoms with Crippen LogP contribution in [0.15, 0.2) is 23.1 Å². The minimum atomic E-state index is -3.82. The van der Waals surface area contributed by atoms with Gasteiger partial charge in [0.25, 0.3) is 0 Å². The predicted molar refractivity (Wildman–Crippen MR) is 69.3 cm³/mol. The average molecular weight is 288 g/mol. The third-order valence-electron chi connectivity index (χ3n) is 3.34. The molecule has 0 amide bonds. The van der Waals surface area contributed by atoms with E-state index < -0.39 is 15.8 Å². The lowest BCUT2D eigenvalue weighted by Gasteiger charge is -2.12. The molecule has 106 valence electrons. The van der Waals surface area contributed by atoms with E-state index in [1.807, 2.05) is 0 Å². The zero-order chi connectivity index (χ0) is 14.0. The van der Waals surface area contributed by atoms with Gasteiger partial charge >= 0.3 is 0 Å². The van der Waals surface area contributed by atoms with E-state index in [0.717, 1.165) is 18.6 Å². The minimum Gasteiger partial charge on any atom is -0.398 e. The summed E-state index contributed by atoms with van der Waals surface area (Å²) in [5, 5.41) is 9.38. The maximum absolute atomic E-state index is 13.1. The lowest BCUT2D eigenvalue weighted by molar-refractivity contribution is 0.178. The fourth-order valence-corrected chi connectivity index (χ4v) is 3.54. The van der Waals surface area contributed by atoms with Crippen LogP contribution in [-0.4, -0.2) is 26.2 Å².